The summed E-state index contributed by atoms with van der Waals surface area (Å²) >= 11 is 0. The van der Waals surface area contributed by atoms with Crippen molar-refractivity contribution < 1.29 is 13.3 Å². The third-order valence-corrected chi connectivity index (χ3v) is 3.03. The van der Waals surface area contributed by atoms with Crippen LogP contribution in [0.3, 0.4) is 0 Å². The van der Waals surface area contributed by atoms with Crippen LogP contribution in [0.4, 0.5) is 11.5 Å². The molecule has 0 saturated carbocycles. The summed E-state index contributed by atoms with van der Waals surface area (Å²) in [4.78, 5) is 12.8. The highest BCUT2D eigenvalue weighted by Gasteiger charge is 2.19. The van der Waals surface area contributed by atoms with Gasteiger partial charge in [0.1, 0.15) is 4.90 Å². The van der Waals surface area contributed by atoms with Crippen molar-refractivity contribution in [2.24, 2.45) is 0 Å². The van der Waals surface area contributed by atoms with E-state index in [4.69, 9.17) is 5.73 Å². The summed E-state index contributed by atoms with van der Waals surface area (Å²) in [6.45, 7) is 0. The molecule has 0 amide bonds. The molecule has 1 aromatic rings. The quantitative estimate of drug-likeness (QED) is 0.533. The molecule has 0 atom stereocenters. The number of sulfonamides is 1. The van der Waals surface area contributed by atoms with Crippen LogP contribution in [0.25, 0.3) is 0 Å². The Morgan fingerprint density at radius 1 is 1.60 bits per heavy atom. The SMILES string of the molecule is CNS(=O)(=O)c1cnc(N)c([N+](=O)[O-])c1. The molecule has 0 saturated heterocycles. The first-order valence-electron chi connectivity index (χ1n) is 3.72. The summed E-state index contributed by atoms with van der Waals surface area (Å²) in [6.07, 6.45) is 0.953. The molecule has 8 nitrogen and oxygen atoms in total. The molecule has 0 aliphatic heterocycles. The summed E-state index contributed by atoms with van der Waals surface area (Å²) in [5.41, 5.74) is 4.67. The normalized spacial score (nSPS) is 11.3. The minimum absolute atomic E-state index is 0.300. The first kappa shape index (κ1) is 11.3. The van der Waals surface area contributed by atoms with Gasteiger partial charge in [-0.15, -0.1) is 0 Å². The van der Waals surface area contributed by atoms with E-state index in [9.17, 15) is 18.5 Å². The molecule has 0 aliphatic rings. The van der Waals surface area contributed by atoms with Crippen LogP contribution in [0.1, 0.15) is 0 Å². The summed E-state index contributed by atoms with van der Waals surface area (Å²) in [5.74, 6) is -0.324. The zero-order valence-corrected chi connectivity index (χ0v) is 8.48. The van der Waals surface area contributed by atoms with Crippen LogP contribution >= 0.6 is 0 Å². The summed E-state index contributed by atoms with van der Waals surface area (Å²) in [7, 11) is -2.55. The Kier molecular flexibility index (Phi) is 2.86. The molecule has 0 bridgehead atoms. The highest BCUT2D eigenvalue weighted by atomic mass is 32.2. The second-order valence-corrected chi connectivity index (χ2v) is 4.43. The lowest BCUT2D eigenvalue weighted by molar-refractivity contribution is -0.384. The van der Waals surface area contributed by atoms with Crippen molar-refractivity contribution in [3.05, 3.63) is 22.4 Å². The number of pyridine rings is 1. The molecule has 0 fully saturated rings. The smallest absolute Gasteiger partial charge is 0.312 e. The van der Waals surface area contributed by atoms with Crippen LogP contribution < -0.4 is 10.5 Å². The van der Waals surface area contributed by atoms with Gasteiger partial charge in [0.05, 0.1) is 4.92 Å². The van der Waals surface area contributed by atoms with E-state index in [2.05, 4.69) is 4.98 Å². The van der Waals surface area contributed by atoms with Crippen LogP contribution in [0, 0.1) is 10.1 Å². The number of rotatable bonds is 3. The van der Waals surface area contributed by atoms with E-state index in [0.717, 1.165) is 12.3 Å². The van der Waals surface area contributed by atoms with E-state index >= 15 is 0 Å². The molecule has 1 heterocycles. The molecule has 15 heavy (non-hydrogen) atoms. The Bertz CT molecular complexity index is 498. The van der Waals surface area contributed by atoms with Crippen molar-refractivity contribution in [3.8, 4) is 0 Å². The van der Waals surface area contributed by atoms with Gasteiger partial charge in [0, 0.05) is 12.3 Å². The minimum atomic E-state index is -3.74. The number of hydrogen-bond acceptors (Lipinski definition) is 6. The molecule has 82 valence electrons. The standard InChI is InChI=1S/C6H8N4O4S/c1-8-15(13,14)4-2-5(10(11)12)6(7)9-3-4/h2-3,8H,1H3,(H2,7,9). The van der Waals surface area contributed by atoms with Crippen LogP contribution in [-0.4, -0.2) is 25.4 Å². The first-order valence-corrected chi connectivity index (χ1v) is 5.20. The Hall–Kier alpha value is -1.74. The predicted octanol–water partition coefficient (Wildman–Crippen LogP) is -0.520. The zero-order chi connectivity index (χ0) is 11.6. The van der Waals surface area contributed by atoms with E-state index in [1.54, 1.807) is 0 Å². The van der Waals surface area contributed by atoms with Crippen LogP contribution in [0.2, 0.25) is 0 Å². The van der Waals surface area contributed by atoms with E-state index in [1.165, 1.54) is 7.05 Å². The summed E-state index contributed by atoms with van der Waals surface area (Å²) in [5, 5.41) is 10.5. The maximum Gasteiger partial charge on any atom is 0.312 e. The molecule has 1 rings (SSSR count). The third-order valence-electron chi connectivity index (χ3n) is 1.65. The minimum Gasteiger partial charge on any atom is -0.378 e. The maximum absolute atomic E-state index is 11.3. The van der Waals surface area contributed by atoms with Crippen LogP contribution in [0.15, 0.2) is 17.2 Å². The van der Waals surface area contributed by atoms with Gasteiger partial charge >= 0.3 is 5.69 Å². The van der Waals surface area contributed by atoms with Crippen LogP contribution in [0.5, 0.6) is 0 Å². The highest BCUT2D eigenvalue weighted by molar-refractivity contribution is 7.89. The Balaban J connectivity index is 3.38. The molecule has 0 unspecified atom stereocenters. The maximum atomic E-state index is 11.3. The number of anilines is 1. The molecule has 9 heteroatoms. The lowest BCUT2D eigenvalue weighted by atomic mass is 10.4. The molecule has 0 aromatic carbocycles. The largest absolute Gasteiger partial charge is 0.378 e. The Morgan fingerprint density at radius 2 is 2.20 bits per heavy atom. The first-order chi connectivity index (χ1) is 6.88. The number of aromatic nitrogens is 1. The lowest BCUT2D eigenvalue weighted by Crippen LogP contribution is -2.19. The second kappa shape index (κ2) is 3.79. The van der Waals surface area contributed by atoms with Gasteiger partial charge in [0.25, 0.3) is 0 Å². The number of nitro groups is 1. The summed E-state index contributed by atoms with van der Waals surface area (Å²) in [6, 6.07) is 0.855. The van der Waals surface area contributed by atoms with Crippen molar-refractivity contribution in [2.45, 2.75) is 4.90 Å². The van der Waals surface area contributed by atoms with Gasteiger partial charge in [0.2, 0.25) is 15.8 Å². The van der Waals surface area contributed by atoms with Gasteiger partial charge in [0.15, 0.2) is 0 Å². The average molecular weight is 232 g/mol. The molecular formula is C6H8N4O4S. The van der Waals surface area contributed by atoms with E-state index in [1.807, 2.05) is 4.72 Å². The van der Waals surface area contributed by atoms with E-state index in [0.29, 0.717) is 0 Å². The molecule has 0 spiro atoms. The monoisotopic (exact) mass is 232 g/mol. The Morgan fingerprint density at radius 3 is 2.67 bits per heavy atom. The fourth-order valence-electron chi connectivity index (χ4n) is 0.856. The number of nitrogen functional groups attached to an aromatic ring is 1. The van der Waals surface area contributed by atoms with E-state index in [-0.39, 0.29) is 10.7 Å². The predicted molar refractivity (Wildman–Crippen MR) is 51.5 cm³/mol. The topological polar surface area (TPSA) is 128 Å². The van der Waals surface area contributed by atoms with Crippen LogP contribution in [-0.2, 0) is 10.0 Å². The highest BCUT2D eigenvalue weighted by Crippen LogP contribution is 2.21. The van der Waals surface area contributed by atoms with Gasteiger partial charge in [-0.25, -0.2) is 18.1 Å². The Labute approximate surface area is 85.3 Å². The van der Waals surface area contributed by atoms with Crippen molar-refractivity contribution in [1.29, 1.82) is 0 Å². The molecule has 3 N–H and O–H groups in total. The number of nitrogens with zero attached hydrogens (tertiary/aromatic N) is 2. The van der Waals surface area contributed by atoms with Gasteiger partial charge in [-0.1, -0.05) is 0 Å². The van der Waals surface area contributed by atoms with E-state index < -0.39 is 20.6 Å². The van der Waals surface area contributed by atoms with Gasteiger partial charge in [-0.2, -0.15) is 0 Å². The lowest BCUT2D eigenvalue weighted by Gasteiger charge is -2.02. The van der Waals surface area contributed by atoms with Crippen molar-refractivity contribution in [2.75, 3.05) is 12.8 Å². The molecule has 1 aromatic heterocycles. The zero-order valence-electron chi connectivity index (χ0n) is 7.67. The molecule has 0 radical (unpaired) electrons. The summed E-state index contributed by atoms with van der Waals surface area (Å²) < 4.78 is 24.6. The number of nitrogens with two attached hydrogens (primary N) is 1. The van der Waals surface area contributed by atoms with Crippen molar-refractivity contribution >= 4 is 21.5 Å². The third kappa shape index (κ3) is 2.19. The van der Waals surface area contributed by atoms with Gasteiger partial charge < -0.3 is 5.73 Å². The fourth-order valence-corrected chi connectivity index (χ4v) is 1.55. The second-order valence-electron chi connectivity index (χ2n) is 2.54. The molecule has 0 aliphatic carbocycles. The number of hydrogen-bond donors (Lipinski definition) is 2. The number of nitrogens with one attached hydrogen (secondary N) is 1. The molecular weight excluding hydrogens is 224 g/mol. The van der Waals surface area contributed by atoms with Crippen molar-refractivity contribution in [1.82, 2.24) is 9.71 Å². The average Bonchev–Trinajstić information content (AvgIpc) is 2.17. The van der Waals surface area contributed by atoms with Crippen molar-refractivity contribution in [3.63, 3.8) is 0 Å². The fraction of sp³-hybridized carbons (Fsp3) is 0.167. The van der Waals surface area contributed by atoms with Gasteiger partial charge in [-0.05, 0) is 7.05 Å². The van der Waals surface area contributed by atoms with Gasteiger partial charge in [-0.3, -0.25) is 10.1 Å².